The highest BCUT2D eigenvalue weighted by Crippen LogP contribution is 2.72. The van der Waals surface area contributed by atoms with Gasteiger partial charge in [0.15, 0.2) is 6.10 Å². The Morgan fingerprint density at radius 1 is 1.10 bits per heavy atom. The van der Waals surface area contributed by atoms with Crippen LogP contribution in [0, 0.1) is 10.8 Å². The number of carbonyl (C=O) groups is 2. The minimum absolute atomic E-state index is 0.0442. The van der Waals surface area contributed by atoms with E-state index in [1.54, 1.807) is 13.0 Å². The van der Waals surface area contributed by atoms with E-state index >= 15 is 0 Å². The van der Waals surface area contributed by atoms with Crippen LogP contribution < -0.4 is 0 Å². The van der Waals surface area contributed by atoms with Crippen molar-refractivity contribution in [2.45, 2.75) is 113 Å². The van der Waals surface area contributed by atoms with Crippen molar-refractivity contribution >= 4 is 11.9 Å². The molecule has 2 aliphatic carbocycles. The lowest BCUT2D eigenvalue weighted by Gasteiger charge is -2.58. The number of carbonyl (C=O) groups excluding carboxylic acids is 2. The lowest BCUT2D eigenvalue weighted by Crippen LogP contribution is -2.67. The van der Waals surface area contributed by atoms with E-state index in [0.29, 0.717) is 32.3 Å². The van der Waals surface area contributed by atoms with Crippen LogP contribution in [-0.4, -0.2) is 95.4 Å². The maximum Gasteiger partial charge on any atom is 0.338 e. The molecular formula is C29H38O10. The largest absolute Gasteiger partial charge is 0.463 e. The fourth-order valence-electron chi connectivity index (χ4n) is 8.71. The first-order valence-corrected chi connectivity index (χ1v) is 14.2. The van der Waals surface area contributed by atoms with Crippen LogP contribution in [0.2, 0.25) is 0 Å². The Kier molecular flexibility index (Phi) is 5.60. The number of hydrogen-bond acceptors (Lipinski definition) is 10. The summed E-state index contributed by atoms with van der Waals surface area (Å²) in [5.74, 6) is -1.02. The van der Waals surface area contributed by atoms with Crippen molar-refractivity contribution in [3.63, 3.8) is 0 Å². The van der Waals surface area contributed by atoms with Crippen molar-refractivity contribution in [1.29, 1.82) is 0 Å². The van der Waals surface area contributed by atoms with Gasteiger partial charge in [0.1, 0.15) is 35.6 Å². The molecule has 0 aromatic heterocycles. The van der Waals surface area contributed by atoms with Crippen LogP contribution in [0.5, 0.6) is 0 Å². The van der Waals surface area contributed by atoms with Crippen LogP contribution in [0.3, 0.4) is 0 Å². The molecule has 2 N–H and O–H groups in total. The molecule has 0 radical (unpaired) electrons. The Balaban J connectivity index is 1.28. The predicted octanol–water partition coefficient (Wildman–Crippen LogP) is 1.50. The van der Waals surface area contributed by atoms with E-state index < -0.39 is 64.0 Å². The zero-order chi connectivity index (χ0) is 27.4. The van der Waals surface area contributed by atoms with Crippen molar-refractivity contribution in [3.8, 4) is 0 Å². The quantitative estimate of drug-likeness (QED) is 0.283. The second-order valence-electron chi connectivity index (χ2n) is 12.9. The van der Waals surface area contributed by atoms with Crippen molar-refractivity contribution in [3.05, 3.63) is 23.8 Å². The second kappa shape index (κ2) is 8.36. The van der Waals surface area contributed by atoms with Gasteiger partial charge in [0.25, 0.3) is 0 Å². The fraction of sp³-hybridized carbons (Fsp3) is 0.793. The number of rotatable bonds is 1. The molecule has 0 unspecified atom stereocenters. The Bertz CT molecular complexity index is 1140. The van der Waals surface area contributed by atoms with Crippen LogP contribution >= 0.6 is 0 Å². The number of epoxide rings is 2. The van der Waals surface area contributed by atoms with E-state index in [9.17, 15) is 19.8 Å². The van der Waals surface area contributed by atoms with Crippen LogP contribution in [-0.2, 0) is 38.0 Å². The highest BCUT2D eigenvalue weighted by atomic mass is 16.7. The van der Waals surface area contributed by atoms with Gasteiger partial charge < -0.3 is 38.6 Å². The number of ether oxygens (including phenoxy) is 6. The molecule has 4 bridgehead atoms. The molecule has 0 aromatic carbocycles. The third kappa shape index (κ3) is 3.24. The summed E-state index contributed by atoms with van der Waals surface area (Å²) in [6.07, 6.45) is 3.80. The number of cyclic esters (lactones) is 1. The zero-order valence-electron chi connectivity index (χ0n) is 22.7. The summed E-state index contributed by atoms with van der Waals surface area (Å²) in [6, 6.07) is 0. The van der Waals surface area contributed by atoms with E-state index in [-0.39, 0.29) is 31.8 Å². The van der Waals surface area contributed by atoms with Crippen LogP contribution in [0.1, 0.15) is 59.3 Å². The van der Waals surface area contributed by atoms with Gasteiger partial charge in [-0.25, -0.2) is 9.59 Å². The minimum atomic E-state index is -1.35. The van der Waals surface area contributed by atoms with Gasteiger partial charge in [-0.1, -0.05) is 24.6 Å². The van der Waals surface area contributed by atoms with Gasteiger partial charge >= 0.3 is 11.9 Å². The summed E-state index contributed by atoms with van der Waals surface area (Å²) in [7, 11) is 0. The summed E-state index contributed by atoms with van der Waals surface area (Å²) in [5, 5.41) is 22.2. The first-order chi connectivity index (χ1) is 18.5. The van der Waals surface area contributed by atoms with Gasteiger partial charge in [-0.15, -0.1) is 0 Å². The standard InChI is InChI=1S/C29H38O10/c1-16-7-9-26-14-34-23(32)22-28(39-22)10-11-35-27(17(2)30,24(28)33)8-5-4-6-21(31)38-18-13-20(37-19(26)12-16)29(15-36-29)25(18,26)3/h4,6,12,17-20,22,24,30,33H,5,7-11,13-15H2,1-3H3/b6-4-/t17-,18-,19-,20-,22+,24-,25-,26-,27-,28-,29+/m0/s1. The molecule has 10 heteroatoms. The zero-order valence-corrected chi connectivity index (χ0v) is 22.7. The molecule has 5 aliphatic heterocycles. The van der Waals surface area contributed by atoms with Gasteiger partial charge in [-0.3, -0.25) is 0 Å². The monoisotopic (exact) mass is 546 g/mol. The van der Waals surface area contributed by atoms with Crippen molar-refractivity contribution in [2.75, 3.05) is 19.8 Å². The third-order valence-corrected chi connectivity index (χ3v) is 11.3. The molecule has 214 valence electrons. The molecule has 5 heterocycles. The van der Waals surface area contributed by atoms with Gasteiger partial charge in [0, 0.05) is 24.3 Å². The normalized spacial score (nSPS) is 54.0. The highest BCUT2D eigenvalue weighted by molar-refractivity contribution is 5.82. The molecule has 7 aliphatic rings. The topological polar surface area (TPSA) is 137 Å². The molecule has 4 saturated heterocycles. The Morgan fingerprint density at radius 2 is 1.90 bits per heavy atom. The SMILES string of the molecule is CC1=C[C@@H]2O[C@H]3C[C@@H]4OC(=O)/C=C\CC[C@@]5([C@H](C)O)OCC[C@@]6(O[C@@H]6C(=O)OC[C@]2(CC1)[C@@]4(C)[C@@]31CO1)[C@H]5O. The molecular weight excluding hydrogens is 508 g/mol. The summed E-state index contributed by atoms with van der Waals surface area (Å²) >= 11 is 0. The lowest BCUT2D eigenvalue weighted by atomic mass is 9.51. The predicted molar refractivity (Wildman–Crippen MR) is 133 cm³/mol. The molecule has 0 amide bonds. The number of esters is 2. The highest BCUT2D eigenvalue weighted by Gasteiger charge is 2.83. The molecule has 5 fully saturated rings. The second-order valence-corrected chi connectivity index (χ2v) is 12.9. The lowest BCUT2D eigenvalue weighted by molar-refractivity contribution is -0.233. The number of aliphatic hydroxyl groups is 2. The van der Waals surface area contributed by atoms with Crippen molar-refractivity contribution in [1.82, 2.24) is 0 Å². The van der Waals surface area contributed by atoms with E-state index in [1.165, 1.54) is 11.6 Å². The smallest absolute Gasteiger partial charge is 0.338 e. The summed E-state index contributed by atoms with van der Waals surface area (Å²) < 4.78 is 36.9. The maximum absolute atomic E-state index is 13.6. The first kappa shape index (κ1) is 26.1. The molecule has 11 atom stereocenters. The summed E-state index contributed by atoms with van der Waals surface area (Å²) in [5.41, 5.74) is -3.24. The number of hydrogen-bond donors (Lipinski definition) is 2. The van der Waals surface area contributed by atoms with Gasteiger partial charge in [-0.05, 0) is 39.5 Å². The van der Waals surface area contributed by atoms with Crippen molar-refractivity contribution < 1.29 is 48.2 Å². The number of allylic oxidation sites excluding steroid dienone is 2. The molecule has 3 spiro atoms. The van der Waals surface area contributed by atoms with Gasteiger partial charge in [0.05, 0.1) is 36.9 Å². The fourth-order valence-corrected chi connectivity index (χ4v) is 8.71. The number of fused-ring (bicyclic) bond motifs is 1. The Labute approximate surface area is 227 Å². The number of aliphatic hydroxyl groups excluding tert-OH is 2. The Morgan fingerprint density at radius 3 is 2.64 bits per heavy atom. The third-order valence-electron chi connectivity index (χ3n) is 11.3. The molecule has 7 rings (SSSR count). The molecule has 0 aromatic rings. The van der Waals surface area contributed by atoms with Crippen LogP contribution in [0.25, 0.3) is 0 Å². The van der Waals surface area contributed by atoms with E-state index in [1.807, 2.05) is 0 Å². The van der Waals surface area contributed by atoms with Gasteiger partial charge in [-0.2, -0.15) is 0 Å². The average molecular weight is 547 g/mol. The average Bonchev–Trinajstić information content (AvgIpc) is 3.81. The molecule has 39 heavy (non-hydrogen) atoms. The van der Waals surface area contributed by atoms with E-state index in [4.69, 9.17) is 28.4 Å². The minimum Gasteiger partial charge on any atom is -0.463 e. The van der Waals surface area contributed by atoms with Crippen LogP contribution in [0.15, 0.2) is 23.8 Å². The summed E-state index contributed by atoms with van der Waals surface area (Å²) in [6.45, 7) is 6.50. The Hall–Kier alpha value is -1.82. The van der Waals surface area contributed by atoms with Crippen molar-refractivity contribution in [2.24, 2.45) is 10.8 Å². The first-order valence-electron chi connectivity index (χ1n) is 14.2. The molecule has 10 nitrogen and oxygen atoms in total. The summed E-state index contributed by atoms with van der Waals surface area (Å²) in [4.78, 5) is 26.7. The van der Waals surface area contributed by atoms with Gasteiger partial charge in [0.2, 0.25) is 0 Å². The van der Waals surface area contributed by atoms with Crippen LogP contribution in [0.4, 0.5) is 0 Å². The molecule has 1 saturated carbocycles. The maximum atomic E-state index is 13.6. The van der Waals surface area contributed by atoms with E-state index in [0.717, 1.165) is 6.42 Å². The van der Waals surface area contributed by atoms with E-state index in [2.05, 4.69) is 19.9 Å².